The van der Waals surface area contributed by atoms with Gasteiger partial charge in [0.2, 0.25) is 5.91 Å². The van der Waals surface area contributed by atoms with Gasteiger partial charge in [0.05, 0.1) is 0 Å². The number of rotatable bonds is 5. The monoisotopic (exact) mass is 288 g/mol. The Kier molecular flexibility index (Phi) is 6.61. The van der Waals surface area contributed by atoms with Gasteiger partial charge in [-0.2, -0.15) is 0 Å². The SMILES string of the molecule is CCC(CC(=O)NC1CC2CCC(C1)N2)C(C)C.Cl. The van der Waals surface area contributed by atoms with Crippen LogP contribution in [0.1, 0.15) is 59.3 Å². The Morgan fingerprint density at radius 3 is 2.32 bits per heavy atom. The van der Waals surface area contributed by atoms with Gasteiger partial charge in [0.25, 0.3) is 0 Å². The maximum atomic E-state index is 12.1. The van der Waals surface area contributed by atoms with Crippen LogP contribution in [0, 0.1) is 11.8 Å². The average Bonchev–Trinajstić information content (AvgIpc) is 2.65. The van der Waals surface area contributed by atoms with Gasteiger partial charge in [-0.1, -0.05) is 27.2 Å². The van der Waals surface area contributed by atoms with Crippen LogP contribution in [0.2, 0.25) is 0 Å². The maximum Gasteiger partial charge on any atom is 0.220 e. The highest BCUT2D eigenvalue weighted by Gasteiger charge is 2.34. The van der Waals surface area contributed by atoms with Gasteiger partial charge in [-0.15, -0.1) is 12.4 Å². The van der Waals surface area contributed by atoms with E-state index in [-0.39, 0.29) is 18.3 Å². The Hall–Kier alpha value is -0.280. The molecule has 2 rings (SSSR count). The molecular weight excluding hydrogens is 260 g/mol. The van der Waals surface area contributed by atoms with Crippen molar-refractivity contribution >= 4 is 18.3 Å². The van der Waals surface area contributed by atoms with E-state index in [1.807, 2.05) is 0 Å². The lowest BCUT2D eigenvalue weighted by atomic mass is 9.89. The highest BCUT2D eigenvalue weighted by atomic mass is 35.5. The van der Waals surface area contributed by atoms with Gasteiger partial charge in [0.15, 0.2) is 0 Å². The summed E-state index contributed by atoms with van der Waals surface area (Å²) in [6, 6.07) is 1.73. The van der Waals surface area contributed by atoms with E-state index >= 15 is 0 Å². The first kappa shape index (κ1) is 16.8. The molecule has 0 spiro atoms. The molecule has 1 amide bonds. The van der Waals surface area contributed by atoms with Gasteiger partial charge >= 0.3 is 0 Å². The summed E-state index contributed by atoms with van der Waals surface area (Å²) in [5, 5.41) is 6.87. The second-order valence-corrected chi connectivity index (χ2v) is 6.49. The predicted octanol–water partition coefficient (Wildman–Crippen LogP) is 2.88. The number of hydrogen-bond acceptors (Lipinski definition) is 2. The van der Waals surface area contributed by atoms with Gasteiger partial charge in [-0.05, 0) is 37.5 Å². The zero-order valence-corrected chi connectivity index (χ0v) is 13.3. The molecule has 0 aliphatic carbocycles. The van der Waals surface area contributed by atoms with Crippen molar-refractivity contribution in [3.8, 4) is 0 Å². The minimum Gasteiger partial charge on any atom is -0.353 e. The fourth-order valence-electron chi connectivity index (χ4n) is 3.55. The van der Waals surface area contributed by atoms with Crippen LogP contribution >= 0.6 is 12.4 Å². The zero-order chi connectivity index (χ0) is 13.1. The number of carbonyl (C=O) groups excluding carboxylic acids is 1. The molecule has 2 heterocycles. The predicted molar refractivity (Wildman–Crippen MR) is 81.6 cm³/mol. The van der Waals surface area contributed by atoms with Crippen LogP contribution in [-0.2, 0) is 4.79 Å². The molecule has 2 aliphatic rings. The number of hydrogen-bond donors (Lipinski definition) is 2. The lowest BCUT2D eigenvalue weighted by Gasteiger charge is -2.30. The fourth-order valence-corrected chi connectivity index (χ4v) is 3.55. The number of fused-ring (bicyclic) bond motifs is 2. The summed E-state index contributed by atoms with van der Waals surface area (Å²) in [5.41, 5.74) is 0. The van der Waals surface area contributed by atoms with Crippen LogP contribution < -0.4 is 10.6 Å². The molecule has 3 unspecified atom stereocenters. The summed E-state index contributed by atoms with van der Waals surface area (Å²) in [5.74, 6) is 1.40. The number of halogens is 1. The Balaban J connectivity index is 0.00000180. The van der Waals surface area contributed by atoms with E-state index in [0.29, 0.717) is 36.4 Å². The summed E-state index contributed by atoms with van der Waals surface area (Å²) in [6.45, 7) is 6.61. The van der Waals surface area contributed by atoms with Crippen molar-refractivity contribution in [1.82, 2.24) is 10.6 Å². The molecule has 0 saturated carbocycles. The number of piperidine rings is 1. The molecule has 112 valence electrons. The molecule has 0 aromatic rings. The lowest BCUT2D eigenvalue weighted by molar-refractivity contribution is -0.123. The van der Waals surface area contributed by atoms with E-state index in [1.54, 1.807) is 0 Å². The highest BCUT2D eigenvalue weighted by molar-refractivity contribution is 5.85. The second-order valence-electron chi connectivity index (χ2n) is 6.49. The maximum absolute atomic E-state index is 12.1. The van der Waals surface area contributed by atoms with Crippen molar-refractivity contribution in [3.63, 3.8) is 0 Å². The third-order valence-electron chi connectivity index (χ3n) is 4.75. The second kappa shape index (κ2) is 7.49. The quantitative estimate of drug-likeness (QED) is 0.817. The number of amides is 1. The van der Waals surface area contributed by atoms with Crippen LogP contribution in [0.4, 0.5) is 0 Å². The van der Waals surface area contributed by atoms with Crippen molar-refractivity contribution in [2.45, 2.75) is 77.4 Å². The molecule has 4 heteroatoms. The molecule has 3 nitrogen and oxygen atoms in total. The van der Waals surface area contributed by atoms with Gasteiger partial charge in [0, 0.05) is 24.5 Å². The molecule has 2 N–H and O–H groups in total. The Bertz CT molecular complexity index is 284. The first-order valence-electron chi connectivity index (χ1n) is 7.63. The van der Waals surface area contributed by atoms with E-state index in [0.717, 1.165) is 19.3 Å². The van der Waals surface area contributed by atoms with Crippen molar-refractivity contribution in [3.05, 3.63) is 0 Å². The van der Waals surface area contributed by atoms with Gasteiger partial charge in [0.1, 0.15) is 0 Å². The van der Waals surface area contributed by atoms with Gasteiger partial charge in [-0.25, -0.2) is 0 Å². The average molecular weight is 289 g/mol. The van der Waals surface area contributed by atoms with Crippen LogP contribution in [0.25, 0.3) is 0 Å². The Morgan fingerprint density at radius 2 is 1.84 bits per heavy atom. The molecule has 0 radical (unpaired) electrons. The van der Waals surface area contributed by atoms with E-state index in [1.165, 1.54) is 12.8 Å². The molecule has 2 aliphatic heterocycles. The topological polar surface area (TPSA) is 41.1 Å². The minimum absolute atomic E-state index is 0. The van der Waals surface area contributed by atoms with Crippen molar-refractivity contribution in [1.29, 1.82) is 0 Å². The summed E-state index contributed by atoms with van der Waals surface area (Å²) in [6.07, 6.45) is 6.64. The van der Waals surface area contributed by atoms with Gasteiger partial charge in [-0.3, -0.25) is 4.79 Å². The third-order valence-corrected chi connectivity index (χ3v) is 4.75. The molecule has 19 heavy (non-hydrogen) atoms. The Morgan fingerprint density at radius 1 is 1.26 bits per heavy atom. The van der Waals surface area contributed by atoms with Crippen LogP contribution in [0.3, 0.4) is 0 Å². The number of nitrogens with one attached hydrogen (secondary N) is 2. The largest absolute Gasteiger partial charge is 0.353 e. The van der Waals surface area contributed by atoms with Crippen LogP contribution in [-0.4, -0.2) is 24.0 Å². The van der Waals surface area contributed by atoms with E-state index in [4.69, 9.17) is 0 Å². The summed E-state index contributed by atoms with van der Waals surface area (Å²) in [7, 11) is 0. The molecule has 2 saturated heterocycles. The molecule has 0 aromatic heterocycles. The zero-order valence-electron chi connectivity index (χ0n) is 12.4. The molecular formula is C15H29ClN2O. The van der Waals surface area contributed by atoms with Crippen LogP contribution in [0.15, 0.2) is 0 Å². The normalized spacial score (nSPS) is 30.8. The molecule has 2 bridgehead atoms. The summed E-state index contributed by atoms with van der Waals surface area (Å²) >= 11 is 0. The minimum atomic E-state index is 0. The van der Waals surface area contributed by atoms with Crippen molar-refractivity contribution < 1.29 is 4.79 Å². The highest BCUT2D eigenvalue weighted by Crippen LogP contribution is 2.27. The smallest absolute Gasteiger partial charge is 0.220 e. The summed E-state index contributed by atoms with van der Waals surface area (Å²) in [4.78, 5) is 12.1. The summed E-state index contributed by atoms with van der Waals surface area (Å²) < 4.78 is 0. The van der Waals surface area contributed by atoms with Gasteiger partial charge < -0.3 is 10.6 Å². The Labute approximate surface area is 123 Å². The van der Waals surface area contributed by atoms with E-state index in [2.05, 4.69) is 31.4 Å². The molecule has 2 fully saturated rings. The van der Waals surface area contributed by atoms with E-state index in [9.17, 15) is 4.79 Å². The third kappa shape index (κ3) is 4.64. The van der Waals surface area contributed by atoms with Crippen molar-refractivity contribution in [2.24, 2.45) is 11.8 Å². The first-order chi connectivity index (χ1) is 8.58. The van der Waals surface area contributed by atoms with Crippen molar-refractivity contribution in [2.75, 3.05) is 0 Å². The molecule has 3 atom stereocenters. The lowest BCUT2D eigenvalue weighted by Crippen LogP contribution is -2.48. The van der Waals surface area contributed by atoms with Crippen LogP contribution in [0.5, 0.6) is 0 Å². The first-order valence-corrected chi connectivity index (χ1v) is 7.63. The fraction of sp³-hybridized carbons (Fsp3) is 0.933. The number of carbonyl (C=O) groups is 1. The molecule has 0 aromatic carbocycles. The van der Waals surface area contributed by atoms with E-state index < -0.39 is 0 Å². The standard InChI is InChI=1S/C15H28N2O.ClH/c1-4-11(10(2)3)7-15(18)17-14-8-12-5-6-13(9-14)16-12;/h10-14,16H,4-9H2,1-3H3,(H,17,18);1H.